The van der Waals surface area contributed by atoms with Gasteiger partial charge < -0.3 is 5.32 Å². The first-order valence-corrected chi connectivity index (χ1v) is 6.91. The fraction of sp³-hybridized carbons (Fsp3) is 0.467. The molecule has 1 aromatic carbocycles. The molecule has 0 fully saturated rings. The molecular formula is C15H19ClFN. The molecule has 0 bridgehead atoms. The Morgan fingerprint density at radius 2 is 2.28 bits per heavy atom. The third kappa shape index (κ3) is 3.56. The molecule has 1 aromatic rings. The van der Waals surface area contributed by atoms with E-state index in [0.717, 1.165) is 18.5 Å². The van der Waals surface area contributed by atoms with Gasteiger partial charge in [0.25, 0.3) is 0 Å². The molecule has 98 valence electrons. The summed E-state index contributed by atoms with van der Waals surface area (Å²) in [6.45, 7) is 3.00. The van der Waals surface area contributed by atoms with Crippen molar-refractivity contribution in [3.8, 4) is 0 Å². The second-order valence-corrected chi connectivity index (χ2v) is 5.25. The first-order valence-electron chi connectivity index (χ1n) is 6.53. The maximum atomic E-state index is 13.0. The van der Waals surface area contributed by atoms with E-state index < -0.39 is 0 Å². The lowest BCUT2D eigenvalue weighted by Gasteiger charge is -2.16. The van der Waals surface area contributed by atoms with Gasteiger partial charge in [-0.3, -0.25) is 0 Å². The minimum absolute atomic E-state index is 0.153. The highest BCUT2D eigenvalue weighted by Crippen LogP contribution is 2.24. The molecule has 1 aliphatic carbocycles. The van der Waals surface area contributed by atoms with Gasteiger partial charge in [0, 0.05) is 11.1 Å². The molecule has 0 saturated carbocycles. The Morgan fingerprint density at radius 1 is 1.44 bits per heavy atom. The molecule has 1 nitrogen and oxygen atoms in total. The lowest BCUT2D eigenvalue weighted by molar-refractivity contribution is 0.570. The van der Waals surface area contributed by atoms with Gasteiger partial charge in [-0.1, -0.05) is 29.3 Å². The lowest BCUT2D eigenvalue weighted by atomic mass is 10.1. The monoisotopic (exact) mass is 267 g/mol. The van der Waals surface area contributed by atoms with Crippen molar-refractivity contribution in [2.24, 2.45) is 0 Å². The van der Waals surface area contributed by atoms with Crippen LogP contribution in [0.1, 0.15) is 44.2 Å². The van der Waals surface area contributed by atoms with Crippen LogP contribution in [0.5, 0.6) is 0 Å². The summed E-state index contributed by atoms with van der Waals surface area (Å²) < 4.78 is 13.0. The molecule has 1 atom stereocenters. The number of hydrogen-bond acceptors (Lipinski definition) is 1. The average Bonchev–Trinajstić information content (AvgIpc) is 2.81. The Balaban J connectivity index is 1.85. The van der Waals surface area contributed by atoms with Crippen LogP contribution in [0.25, 0.3) is 0 Å². The molecule has 0 heterocycles. The topological polar surface area (TPSA) is 12.0 Å². The van der Waals surface area contributed by atoms with Crippen molar-refractivity contribution in [3.63, 3.8) is 0 Å². The normalized spacial score (nSPS) is 16.7. The van der Waals surface area contributed by atoms with E-state index >= 15 is 0 Å². The minimum Gasteiger partial charge on any atom is -0.310 e. The van der Waals surface area contributed by atoms with Crippen molar-refractivity contribution < 1.29 is 4.39 Å². The Labute approximate surface area is 113 Å². The predicted molar refractivity (Wildman–Crippen MR) is 74.4 cm³/mol. The summed E-state index contributed by atoms with van der Waals surface area (Å²) >= 11 is 6.04. The molecule has 2 rings (SSSR count). The summed E-state index contributed by atoms with van der Waals surface area (Å²) in [5.74, 6) is -0.285. The third-order valence-corrected chi connectivity index (χ3v) is 3.79. The lowest BCUT2D eigenvalue weighted by Crippen LogP contribution is -2.20. The molecule has 1 N–H and O–H groups in total. The van der Waals surface area contributed by atoms with Gasteiger partial charge in [0.1, 0.15) is 5.82 Å². The zero-order chi connectivity index (χ0) is 13.0. The maximum absolute atomic E-state index is 13.0. The van der Waals surface area contributed by atoms with Gasteiger partial charge in [-0.15, -0.1) is 0 Å². The summed E-state index contributed by atoms with van der Waals surface area (Å²) in [4.78, 5) is 0. The van der Waals surface area contributed by atoms with Crippen molar-refractivity contribution in [3.05, 3.63) is 46.3 Å². The van der Waals surface area contributed by atoms with Crippen LogP contribution < -0.4 is 5.32 Å². The van der Waals surface area contributed by atoms with Crippen LogP contribution >= 0.6 is 11.6 Å². The molecular weight excluding hydrogens is 249 g/mol. The van der Waals surface area contributed by atoms with Crippen LogP contribution in [-0.2, 0) is 0 Å². The van der Waals surface area contributed by atoms with Crippen LogP contribution in [0.15, 0.2) is 29.8 Å². The van der Waals surface area contributed by atoms with Crippen LogP contribution in [-0.4, -0.2) is 6.54 Å². The molecule has 0 radical (unpaired) electrons. The van der Waals surface area contributed by atoms with E-state index in [1.165, 1.54) is 31.4 Å². The largest absolute Gasteiger partial charge is 0.310 e. The molecule has 0 spiro atoms. The standard InChI is InChI=1S/C15H19ClFN/c1-11(14-7-6-13(17)10-15(14)16)18-9-8-12-4-2-3-5-12/h4,6-7,10-11,18H,2-3,5,8-9H2,1H3. The quantitative estimate of drug-likeness (QED) is 0.767. The van der Waals surface area contributed by atoms with Crippen LogP contribution in [0.2, 0.25) is 5.02 Å². The predicted octanol–water partition coefficient (Wildman–Crippen LogP) is 4.63. The zero-order valence-electron chi connectivity index (χ0n) is 10.7. The first kappa shape index (κ1) is 13.6. The maximum Gasteiger partial charge on any atom is 0.124 e. The Kier molecular flexibility index (Phi) is 4.79. The fourth-order valence-electron chi connectivity index (χ4n) is 2.38. The molecule has 1 unspecified atom stereocenters. The molecule has 3 heteroatoms. The van der Waals surface area contributed by atoms with Gasteiger partial charge in [0.15, 0.2) is 0 Å². The van der Waals surface area contributed by atoms with Gasteiger partial charge in [-0.2, -0.15) is 0 Å². The summed E-state index contributed by atoms with van der Waals surface area (Å²) in [6.07, 6.45) is 7.22. The second-order valence-electron chi connectivity index (χ2n) is 4.85. The molecule has 18 heavy (non-hydrogen) atoms. The van der Waals surface area contributed by atoms with Gasteiger partial charge >= 0.3 is 0 Å². The van der Waals surface area contributed by atoms with Crippen LogP contribution in [0.3, 0.4) is 0 Å². The van der Waals surface area contributed by atoms with E-state index in [0.29, 0.717) is 5.02 Å². The van der Waals surface area contributed by atoms with Gasteiger partial charge in [-0.25, -0.2) is 4.39 Å². The van der Waals surface area contributed by atoms with Crippen molar-refractivity contribution in [1.29, 1.82) is 0 Å². The van der Waals surface area contributed by atoms with E-state index in [4.69, 9.17) is 11.6 Å². The van der Waals surface area contributed by atoms with Crippen molar-refractivity contribution in [2.75, 3.05) is 6.54 Å². The molecule has 0 aromatic heterocycles. The Morgan fingerprint density at radius 3 is 2.94 bits per heavy atom. The van der Waals surface area contributed by atoms with E-state index in [9.17, 15) is 4.39 Å². The van der Waals surface area contributed by atoms with Crippen molar-refractivity contribution in [1.82, 2.24) is 5.32 Å². The van der Waals surface area contributed by atoms with Gasteiger partial charge in [0.2, 0.25) is 0 Å². The summed E-state index contributed by atoms with van der Waals surface area (Å²) in [5.41, 5.74) is 2.51. The molecule has 1 aliphatic rings. The fourth-order valence-corrected chi connectivity index (χ4v) is 2.71. The van der Waals surface area contributed by atoms with Crippen LogP contribution in [0.4, 0.5) is 4.39 Å². The van der Waals surface area contributed by atoms with Gasteiger partial charge in [0.05, 0.1) is 0 Å². The van der Waals surface area contributed by atoms with Crippen molar-refractivity contribution >= 4 is 11.6 Å². The van der Waals surface area contributed by atoms with Crippen LogP contribution in [0, 0.1) is 5.82 Å². The highest BCUT2D eigenvalue weighted by Gasteiger charge is 2.10. The SMILES string of the molecule is CC(NCCC1=CCCC1)c1ccc(F)cc1Cl. The van der Waals surface area contributed by atoms with E-state index in [1.54, 1.807) is 11.6 Å². The summed E-state index contributed by atoms with van der Waals surface area (Å²) in [7, 11) is 0. The molecule has 0 aliphatic heterocycles. The third-order valence-electron chi connectivity index (χ3n) is 3.46. The zero-order valence-corrected chi connectivity index (χ0v) is 11.4. The molecule has 0 saturated heterocycles. The number of hydrogen-bond donors (Lipinski definition) is 1. The highest BCUT2D eigenvalue weighted by atomic mass is 35.5. The Bertz CT molecular complexity index is 442. The number of rotatable bonds is 5. The summed E-state index contributed by atoms with van der Waals surface area (Å²) in [5, 5.41) is 3.93. The second kappa shape index (κ2) is 6.35. The molecule has 0 amide bonds. The van der Waals surface area contributed by atoms with Gasteiger partial charge in [-0.05, 0) is 56.8 Å². The smallest absolute Gasteiger partial charge is 0.124 e. The number of nitrogens with one attached hydrogen (secondary N) is 1. The van der Waals surface area contributed by atoms with E-state index in [1.807, 2.05) is 0 Å². The summed E-state index contributed by atoms with van der Waals surface area (Å²) in [6, 6.07) is 4.73. The highest BCUT2D eigenvalue weighted by molar-refractivity contribution is 6.31. The minimum atomic E-state index is -0.285. The van der Waals surface area contributed by atoms with E-state index in [2.05, 4.69) is 18.3 Å². The average molecular weight is 268 g/mol. The number of allylic oxidation sites excluding steroid dienone is 1. The van der Waals surface area contributed by atoms with Crippen molar-refractivity contribution in [2.45, 2.75) is 38.6 Å². The first-order chi connectivity index (χ1) is 8.66. The number of benzene rings is 1. The Hall–Kier alpha value is -0.860. The van der Waals surface area contributed by atoms with E-state index in [-0.39, 0.29) is 11.9 Å². The number of halogens is 2.